The molecule has 2 bridgehead atoms. The van der Waals surface area contributed by atoms with Gasteiger partial charge < -0.3 is 15.3 Å². The number of hydrogen-bond donors (Lipinski definition) is 2. The van der Waals surface area contributed by atoms with E-state index in [1.54, 1.807) is 6.33 Å². The van der Waals surface area contributed by atoms with Crippen molar-refractivity contribution >= 4 is 11.6 Å². The first kappa shape index (κ1) is 12.6. The van der Waals surface area contributed by atoms with Gasteiger partial charge in [-0.05, 0) is 17.5 Å². The molecule has 1 saturated heterocycles. The number of fused-ring (bicyclic) bond motifs is 5. The van der Waals surface area contributed by atoms with Crippen LogP contribution in [0.25, 0.3) is 0 Å². The summed E-state index contributed by atoms with van der Waals surface area (Å²) in [5.41, 5.74) is 2.95. The summed E-state index contributed by atoms with van der Waals surface area (Å²) in [4.78, 5) is 11.0. The summed E-state index contributed by atoms with van der Waals surface area (Å²) in [7, 11) is 0. The number of hydrogen-bond acceptors (Lipinski definition) is 5. The van der Waals surface area contributed by atoms with Crippen LogP contribution < -0.4 is 10.2 Å². The fourth-order valence-electron chi connectivity index (χ4n) is 3.58. The highest BCUT2D eigenvalue weighted by molar-refractivity contribution is 5.56. The number of aliphatic hydroxyl groups excluding tert-OH is 1. The van der Waals surface area contributed by atoms with Gasteiger partial charge in [0, 0.05) is 25.1 Å². The predicted molar refractivity (Wildman–Crippen MR) is 81.5 cm³/mol. The average Bonchev–Trinajstić information content (AvgIpc) is 3.13. The number of rotatable bonds is 4. The Morgan fingerprint density at radius 3 is 2.95 bits per heavy atom. The maximum Gasteiger partial charge on any atom is 0.134 e. The van der Waals surface area contributed by atoms with Gasteiger partial charge in [0.1, 0.15) is 18.0 Å². The zero-order chi connectivity index (χ0) is 14.2. The van der Waals surface area contributed by atoms with E-state index in [9.17, 15) is 0 Å². The third-order valence-electron chi connectivity index (χ3n) is 4.46. The molecule has 1 fully saturated rings. The van der Waals surface area contributed by atoms with Crippen molar-refractivity contribution in [1.82, 2.24) is 9.97 Å². The number of nitrogens with one attached hydrogen (secondary N) is 1. The molecule has 0 amide bonds. The van der Waals surface area contributed by atoms with E-state index in [0.717, 1.165) is 18.2 Å². The largest absolute Gasteiger partial charge is 0.395 e. The van der Waals surface area contributed by atoms with Gasteiger partial charge in [-0.2, -0.15) is 0 Å². The lowest BCUT2D eigenvalue weighted by Crippen LogP contribution is -2.28. The Hall–Kier alpha value is -2.14. The molecule has 1 aromatic carbocycles. The molecule has 1 aliphatic heterocycles. The molecule has 2 heterocycles. The van der Waals surface area contributed by atoms with Gasteiger partial charge in [0.2, 0.25) is 0 Å². The van der Waals surface area contributed by atoms with Gasteiger partial charge in [0.25, 0.3) is 0 Å². The summed E-state index contributed by atoms with van der Waals surface area (Å²) in [6.45, 7) is 1.63. The molecule has 4 rings (SSSR count). The van der Waals surface area contributed by atoms with Crippen LogP contribution in [0.4, 0.5) is 11.6 Å². The van der Waals surface area contributed by atoms with E-state index >= 15 is 0 Å². The lowest BCUT2D eigenvalue weighted by atomic mass is 9.99. The van der Waals surface area contributed by atoms with Gasteiger partial charge in [-0.25, -0.2) is 9.97 Å². The highest BCUT2D eigenvalue weighted by Crippen LogP contribution is 2.51. The van der Waals surface area contributed by atoms with Gasteiger partial charge >= 0.3 is 0 Å². The molecule has 21 heavy (non-hydrogen) atoms. The second-order valence-corrected chi connectivity index (χ2v) is 5.64. The Kier molecular flexibility index (Phi) is 3.00. The van der Waals surface area contributed by atoms with Gasteiger partial charge in [0.15, 0.2) is 0 Å². The van der Waals surface area contributed by atoms with Crippen molar-refractivity contribution < 1.29 is 5.11 Å². The molecular weight excluding hydrogens is 264 g/mol. The quantitative estimate of drug-likeness (QED) is 0.897. The number of aliphatic hydroxyl groups is 1. The molecule has 108 valence electrons. The van der Waals surface area contributed by atoms with Crippen molar-refractivity contribution in [3.8, 4) is 0 Å². The fraction of sp³-hybridized carbons (Fsp3) is 0.375. The molecule has 2 aliphatic rings. The van der Waals surface area contributed by atoms with E-state index < -0.39 is 0 Å². The zero-order valence-electron chi connectivity index (χ0n) is 11.7. The molecule has 0 unspecified atom stereocenters. The average molecular weight is 282 g/mol. The van der Waals surface area contributed by atoms with E-state index in [0.29, 0.717) is 18.5 Å². The molecule has 2 atom stereocenters. The second-order valence-electron chi connectivity index (χ2n) is 5.64. The van der Waals surface area contributed by atoms with Crippen molar-refractivity contribution in [1.29, 1.82) is 0 Å². The van der Waals surface area contributed by atoms with Crippen LogP contribution in [-0.4, -0.2) is 34.8 Å². The van der Waals surface area contributed by atoms with Crippen LogP contribution in [0, 0.1) is 0 Å². The maximum atomic E-state index is 8.89. The third kappa shape index (κ3) is 2.05. The van der Waals surface area contributed by atoms with Crippen molar-refractivity contribution in [2.45, 2.75) is 18.4 Å². The van der Waals surface area contributed by atoms with Crippen molar-refractivity contribution in [3.63, 3.8) is 0 Å². The molecule has 1 aliphatic carbocycles. The third-order valence-corrected chi connectivity index (χ3v) is 4.46. The van der Waals surface area contributed by atoms with Crippen LogP contribution in [-0.2, 0) is 0 Å². The highest BCUT2D eigenvalue weighted by atomic mass is 16.3. The molecule has 0 saturated carbocycles. The molecule has 0 spiro atoms. The first-order valence-electron chi connectivity index (χ1n) is 7.39. The molecular formula is C16H18N4O. The Morgan fingerprint density at radius 2 is 2.10 bits per heavy atom. The molecule has 5 heteroatoms. The molecule has 1 aromatic heterocycles. The molecule has 0 radical (unpaired) electrons. The number of aromatic nitrogens is 2. The molecule has 5 nitrogen and oxygen atoms in total. The summed E-state index contributed by atoms with van der Waals surface area (Å²) in [5.74, 6) is 2.35. The first-order valence-corrected chi connectivity index (χ1v) is 7.39. The van der Waals surface area contributed by atoms with Gasteiger partial charge in [-0.1, -0.05) is 24.3 Å². The Morgan fingerprint density at radius 1 is 1.24 bits per heavy atom. The first-order chi connectivity index (χ1) is 10.4. The van der Waals surface area contributed by atoms with Crippen LogP contribution in [0.1, 0.15) is 29.5 Å². The summed E-state index contributed by atoms with van der Waals surface area (Å²) in [6.07, 6.45) is 2.77. The van der Waals surface area contributed by atoms with Crippen LogP contribution >= 0.6 is 0 Å². The Balaban J connectivity index is 1.62. The van der Waals surface area contributed by atoms with Crippen LogP contribution in [0.15, 0.2) is 36.7 Å². The Labute approximate surface area is 123 Å². The number of anilines is 2. The topological polar surface area (TPSA) is 61.3 Å². The molecule has 2 aromatic rings. The lowest BCUT2D eigenvalue weighted by Gasteiger charge is -2.30. The van der Waals surface area contributed by atoms with E-state index in [1.165, 1.54) is 17.5 Å². The standard InChI is InChI=1S/C16H18N4O/c21-6-5-17-15-8-16(19-10-18-15)20-9-11-7-14(20)13-4-2-1-3-12(11)13/h1-4,8,10-11,14,21H,5-7,9H2,(H,17,18,19)/t11-,14+/m1/s1. The smallest absolute Gasteiger partial charge is 0.134 e. The summed E-state index contributed by atoms with van der Waals surface area (Å²) in [6, 6.07) is 11.1. The lowest BCUT2D eigenvalue weighted by molar-refractivity contribution is 0.311. The van der Waals surface area contributed by atoms with Gasteiger partial charge in [0.05, 0.1) is 12.6 Å². The fourth-order valence-corrected chi connectivity index (χ4v) is 3.58. The van der Waals surface area contributed by atoms with E-state index in [2.05, 4.69) is 44.5 Å². The predicted octanol–water partition coefficient (Wildman–Crippen LogP) is 1.93. The minimum absolute atomic E-state index is 0.0983. The van der Waals surface area contributed by atoms with Gasteiger partial charge in [-0.3, -0.25) is 0 Å². The zero-order valence-corrected chi connectivity index (χ0v) is 11.7. The highest BCUT2D eigenvalue weighted by Gasteiger charge is 2.42. The summed E-state index contributed by atoms with van der Waals surface area (Å²) >= 11 is 0. The molecule has 2 N–H and O–H groups in total. The monoisotopic (exact) mass is 282 g/mol. The normalized spacial score (nSPS) is 22.4. The summed E-state index contributed by atoms with van der Waals surface area (Å²) in [5, 5.41) is 12.0. The minimum atomic E-state index is 0.0983. The maximum absolute atomic E-state index is 8.89. The van der Waals surface area contributed by atoms with Crippen LogP contribution in [0.2, 0.25) is 0 Å². The van der Waals surface area contributed by atoms with Crippen molar-refractivity contribution in [2.75, 3.05) is 29.9 Å². The van der Waals surface area contributed by atoms with Gasteiger partial charge in [-0.15, -0.1) is 0 Å². The van der Waals surface area contributed by atoms with E-state index in [4.69, 9.17) is 5.11 Å². The van der Waals surface area contributed by atoms with E-state index in [-0.39, 0.29) is 6.61 Å². The Bertz CT molecular complexity index is 660. The van der Waals surface area contributed by atoms with Crippen molar-refractivity contribution in [2.24, 2.45) is 0 Å². The van der Waals surface area contributed by atoms with Crippen LogP contribution in [0.3, 0.4) is 0 Å². The minimum Gasteiger partial charge on any atom is -0.395 e. The number of nitrogens with zero attached hydrogens (tertiary/aromatic N) is 3. The SMILES string of the molecule is OCCNc1cc(N2C[C@H]3C[C@H]2c2ccccc23)ncn1. The van der Waals surface area contributed by atoms with E-state index in [1.807, 2.05) is 6.07 Å². The number of benzene rings is 1. The second kappa shape index (κ2) is 5.00. The summed E-state index contributed by atoms with van der Waals surface area (Å²) < 4.78 is 0. The van der Waals surface area contributed by atoms with Crippen molar-refractivity contribution in [3.05, 3.63) is 47.8 Å². The van der Waals surface area contributed by atoms with Crippen LogP contribution in [0.5, 0.6) is 0 Å².